The smallest absolute Gasteiger partial charge is 0.240 e. The summed E-state index contributed by atoms with van der Waals surface area (Å²) < 4.78 is 39.4. The van der Waals surface area contributed by atoms with E-state index in [0.717, 1.165) is 18.2 Å². The van der Waals surface area contributed by atoms with Crippen molar-refractivity contribution >= 4 is 15.7 Å². The van der Waals surface area contributed by atoms with Crippen LogP contribution in [0, 0.1) is 5.82 Å². The molecule has 2 rings (SSSR count). The fourth-order valence-electron chi connectivity index (χ4n) is 1.75. The van der Waals surface area contributed by atoms with Gasteiger partial charge < -0.3 is 10.8 Å². The van der Waals surface area contributed by atoms with Gasteiger partial charge in [0.05, 0.1) is 16.7 Å². The van der Waals surface area contributed by atoms with Crippen LogP contribution in [0.15, 0.2) is 53.4 Å². The Hall–Kier alpha value is -1.96. The van der Waals surface area contributed by atoms with Gasteiger partial charge in [-0.3, -0.25) is 0 Å². The number of nitrogens with two attached hydrogens (primary N) is 1. The molecule has 0 saturated heterocycles. The molecule has 0 heterocycles. The van der Waals surface area contributed by atoms with Crippen molar-refractivity contribution in [3.63, 3.8) is 0 Å². The van der Waals surface area contributed by atoms with Crippen LogP contribution in [0.5, 0.6) is 0 Å². The molecular formula is C14H15FN2O3S. The van der Waals surface area contributed by atoms with Gasteiger partial charge in [0, 0.05) is 6.54 Å². The first-order chi connectivity index (χ1) is 9.90. The highest BCUT2D eigenvalue weighted by atomic mass is 32.2. The number of rotatable bonds is 5. The first-order valence-electron chi connectivity index (χ1n) is 6.18. The van der Waals surface area contributed by atoms with Crippen LogP contribution in [0.1, 0.15) is 11.7 Å². The van der Waals surface area contributed by atoms with Gasteiger partial charge in [-0.1, -0.05) is 30.3 Å². The molecule has 0 aliphatic carbocycles. The van der Waals surface area contributed by atoms with Gasteiger partial charge in [0.25, 0.3) is 0 Å². The van der Waals surface area contributed by atoms with Crippen molar-refractivity contribution in [1.29, 1.82) is 0 Å². The van der Waals surface area contributed by atoms with E-state index in [4.69, 9.17) is 5.73 Å². The van der Waals surface area contributed by atoms with Gasteiger partial charge in [-0.25, -0.2) is 17.5 Å². The number of anilines is 1. The number of hydrogen-bond donors (Lipinski definition) is 3. The van der Waals surface area contributed by atoms with Crippen LogP contribution in [-0.4, -0.2) is 20.1 Å². The lowest BCUT2D eigenvalue weighted by Crippen LogP contribution is -2.28. The fraction of sp³-hybridized carbons (Fsp3) is 0.143. The Kier molecular flexibility index (Phi) is 4.56. The highest BCUT2D eigenvalue weighted by Crippen LogP contribution is 2.17. The van der Waals surface area contributed by atoms with E-state index in [1.54, 1.807) is 30.3 Å². The van der Waals surface area contributed by atoms with Crippen LogP contribution in [0.2, 0.25) is 0 Å². The van der Waals surface area contributed by atoms with Crippen molar-refractivity contribution in [3.8, 4) is 0 Å². The number of aliphatic hydroxyl groups excluding tert-OH is 1. The van der Waals surface area contributed by atoms with Gasteiger partial charge in [-0.15, -0.1) is 0 Å². The Morgan fingerprint density at radius 1 is 1.19 bits per heavy atom. The Balaban J connectivity index is 2.09. The van der Waals surface area contributed by atoms with Crippen molar-refractivity contribution in [3.05, 3.63) is 59.9 Å². The van der Waals surface area contributed by atoms with Gasteiger partial charge in [-0.05, 0) is 23.8 Å². The Bertz CT molecular complexity index is 720. The molecule has 0 radical (unpaired) electrons. The summed E-state index contributed by atoms with van der Waals surface area (Å²) in [5, 5.41) is 9.92. The Morgan fingerprint density at radius 2 is 1.86 bits per heavy atom. The molecule has 1 unspecified atom stereocenters. The molecule has 0 aliphatic rings. The predicted octanol–water partition coefficient (Wildman–Crippen LogP) is 1.42. The maximum Gasteiger partial charge on any atom is 0.240 e. The third-order valence-corrected chi connectivity index (χ3v) is 4.35. The highest BCUT2D eigenvalue weighted by Gasteiger charge is 2.17. The largest absolute Gasteiger partial charge is 0.396 e. The van der Waals surface area contributed by atoms with Gasteiger partial charge in [0.15, 0.2) is 0 Å². The second-order valence-corrected chi connectivity index (χ2v) is 6.23. The summed E-state index contributed by atoms with van der Waals surface area (Å²) in [6, 6.07) is 11.8. The summed E-state index contributed by atoms with van der Waals surface area (Å²) >= 11 is 0. The van der Waals surface area contributed by atoms with Crippen molar-refractivity contribution in [1.82, 2.24) is 4.72 Å². The molecule has 0 spiro atoms. The standard InChI is InChI=1S/C14H15FN2O3S/c15-12-7-6-11(8-13(12)16)21(19,20)17-9-14(18)10-4-2-1-3-5-10/h1-8,14,17-18H,9,16H2. The van der Waals surface area contributed by atoms with Crippen LogP contribution >= 0.6 is 0 Å². The molecule has 0 aromatic heterocycles. The summed E-state index contributed by atoms with van der Waals surface area (Å²) in [4.78, 5) is -0.151. The van der Waals surface area contributed by atoms with Crippen molar-refractivity contribution in [2.75, 3.05) is 12.3 Å². The zero-order chi connectivity index (χ0) is 15.5. The number of nitrogens with one attached hydrogen (secondary N) is 1. The highest BCUT2D eigenvalue weighted by molar-refractivity contribution is 7.89. The lowest BCUT2D eigenvalue weighted by atomic mass is 10.1. The number of hydrogen-bond acceptors (Lipinski definition) is 4. The normalized spacial score (nSPS) is 13.0. The molecule has 0 amide bonds. The molecular weight excluding hydrogens is 295 g/mol. The van der Waals surface area contributed by atoms with Gasteiger partial charge >= 0.3 is 0 Å². The predicted molar refractivity (Wildman–Crippen MR) is 77.4 cm³/mol. The lowest BCUT2D eigenvalue weighted by molar-refractivity contribution is 0.182. The number of nitrogen functional groups attached to an aromatic ring is 1. The molecule has 1 atom stereocenters. The number of halogens is 1. The SMILES string of the molecule is Nc1cc(S(=O)(=O)NCC(O)c2ccccc2)ccc1F. The fourth-order valence-corrected chi connectivity index (χ4v) is 2.83. The number of sulfonamides is 1. The third kappa shape index (κ3) is 3.78. The summed E-state index contributed by atoms with van der Waals surface area (Å²) in [5.41, 5.74) is 5.70. The van der Waals surface area contributed by atoms with Crippen LogP contribution in [0.3, 0.4) is 0 Å². The van der Waals surface area contributed by atoms with Gasteiger partial charge in [0.2, 0.25) is 10.0 Å². The van der Waals surface area contributed by atoms with E-state index in [2.05, 4.69) is 4.72 Å². The minimum atomic E-state index is -3.86. The molecule has 112 valence electrons. The van der Waals surface area contributed by atoms with E-state index in [9.17, 15) is 17.9 Å². The molecule has 2 aromatic rings. The van der Waals surface area contributed by atoms with E-state index in [1.807, 2.05) is 0 Å². The maximum absolute atomic E-state index is 13.0. The molecule has 2 aromatic carbocycles. The van der Waals surface area contributed by atoms with Crippen molar-refractivity contribution in [2.45, 2.75) is 11.0 Å². The van der Waals surface area contributed by atoms with Crippen LogP contribution in [-0.2, 0) is 10.0 Å². The van der Waals surface area contributed by atoms with E-state index >= 15 is 0 Å². The number of benzene rings is 2. The van der Waals surface area contributed by atoms with Crippen LogP contribution in [0.4, 0.5) is 10.1 Å². The minimum Gasteiger partial charge on any atom is -0.396 e. The molecule has 21 heavy (non-hydrogen) atoms. The average Bonchev–Trinajstić information content (AvgIpc) is 2.48. The Morgan fingerprint density at radius 3 is 2.48 bits per heavy atom. The third-order valence-electron chi connectivity index (χ3n) is 2.93. The van der Waals surface area contributed by atoms with E-state index in [-0.39, 0.29) is 17.1 Å². The first kappa shape index (κ1) is 15.4. The Labute approximate surface area is 122 Å². The lowest BCUT2D eigenvalue weighted by Gasteiger charge is -2.13. The van der Waals surface area contributed by atoms with Crippen molar-refractivity contribution in [2.24, 2.45) is 0 Å². The minimum absolute atomic E-state index is 0.151. The number of aliphatic hydroxyl groups is 1. The maximum atomic E-state index is 13.0. The molecule has 0 fully saturated rings. The molecule has 0 bridgehead atoms. The zero-order valence-corrected chi connectivity index (χ0v) is 11.8. The summed E-state index contributed by atoms with van der Waals surface area (Å²) in [5.74, 6) is -0.682. The molecule has 4 N–H and O–H groups in total. The molecule has 0 aliphatic heterocycles. The molecule has 7 heteroatoms. The average molecular weight is 310 g/mol. The van der Waals surface area contributed by atoms with Gasteiger partial charge in [0.1, 0.15) is 5.82 Å². The van der Waals surface area contributed by atoms with Crippen LogP contribution in [0.25, 0.3) is 0 Å². The van der Waals surface area contributed by atoms with E-state index < -0.39 is 21.9 Å². The van der Waals surface area contributed by atoms with E-state index in [1.165, 1.54) is 0 Å². The topological polar surface area (TPSA) is 92.4 Å². The summed E-state index contributed by atoms with van der Waals surface area (Å²) in [6.07, 6.45) is -0.973. The van der Waals surface area contributed by atoms with Gasteiger partial charge in [-0.2, -0.15) is 0 Å². The monoisotopic (exact) mass is 310 g/mol. The second kappa shape index (κ2) is 6.21. The molecule has 0 saturated carbocycles. The zero-order valence-electron chi connectivity index (χ0n) is 11.0. The van der Waals surface area contributed by atoms with Crippen molar-refractivity contribution < 1.29 is 17.9 Å². The summed E-state index contributed by atoms with van der Waals surface area (Å²) in [6.45, 7) is -0.191. The second-order valence-electron chi connectivity index (χ2n) is 4.46. The summed E-state index contributed by atoms with van der Waals surface area (Å²) in [7, 11) is -3.86. The first-order valence-corrected chi connectivity index (χ1v) is 7.66. The van der Waals surface area contributed by atoms with E-state index in [0.29, 0.717) is 5.56 Å². The molecule has 5 nitrogen and oxygen atoms in total. The quantitative estimate of drug-likeness (QED) is 0.728. The van der Waals surface area contributed by atoms with Crippen LogP contribution < -0.4 is 10.5 Å².